The number of hydrogen-bond acceptors (Lipinski definition) is 4. The highest BCUT2D eigenvalue weighted by molar-refractivity contribution is 7.89. The minimum Gasteiger partial charge on any atom is -0.298 e. The molecule has 2 heterocycles. The zero-order valence-electron chi connectivity index (χ0n) is 12.4. The summed E-state index contributed by atoms with van der Waals surface area (Å²) in [4.78, 5) is 2.30. The zero-order valence-corrected chi connectivity index (χ0v) is 13.2. The predicted molar refractivity (Wildman–Crippen MR) is 78.8 cm³/mol. The van der Waals surface area contributed by atoms with E-state index in [2.05, 4.69) is 21.8 Å². The Morgan fingerprint density at radius 3 is 2.80 bits per heavy atom. The van der Waals surface area contributed by atoms with Crippen molar-refractivity contribution >= 4 is 10.0 Å². The van der Waals surface area contributed by atoms with Gasteiger partial charge in [-0.1, -0.05) is 0 Å². The molecule has 1 fully saturated rings. The van der Waals surface area contributed by atoms with Crippen LogP contribution in [0.1, 0.15) is 31.5 Å². The number of hydrogen-bond donors (Lipinski definition) is 1. The minimum atomic E-state index is -3.13. The fourth-order valence-electron chi connectivity index (χ4n) is 2.95. The van der Waals surface area contributed by atoms with Gasteiger partial charge in [0, 0.05) is 19.8 Å². The summed E-state index contributed by atoms with van der Waals surface area (Å²) in [5.74, 6) is 0.414. The molecule has 2 rings (SSSR count). The maximum Gasteiger partial charge on any atom is 0.211 e. The Labute approximate surface area is 121 Å². The van der Waals surface area contributed by atoms with Crippen molar-refractivity contribution in [1.29, 1.82) is 0 Å². The fraction of sp³-hybridized carbons (Fsp3) is 0.769. The average Bonchev–Trinajstić information content (AvgIpc) is 2.82. The quantitative estimate of drug-likeness (QED) is 0.871. The summed E-state index contributed by atoms with van der Waals surface area (Å²) in [7, 11) is 0.901. The molecule has 0 aromatic carbocycles. The molecule has 6 nitrogen and oxygen atoms in total. The van der Waals surface area contributed by atoms with Crippen LogP contribution in [0.3, 0.4) is 0 Å². The number of nitrogens with one attached hydrogen (secondary N) is 1. The van der Waals surface area contributed by atoms with E-state index in [0.717, 1.165) is 25.1 Å². The molecule has 1 aliphatic rings. The fourth-order valence-corrected chi connectivity index (χ4v) is 3.62. The maximum absolute atomic E-state index is 11.6. The van der Waals surface area contributed by atoms with E-state index in [0.29, 0.717) is 6.54 Å². The average molecular weight is 300 g/mol. The van der Waals surface area contributed by atoms with Crippen molar-refractivity contribution in [3.8, 4) is 0 Å². The number of rotatable bonds is 5. The number of aromatic nitrogens is 2. The van der Waals surface area contributed by atoms with Crippen molar-refractivity contribution in [3.05, 3.63) is 18.0 Å². The first-order valence-corrected chi connectivity index (χ1v) is 8.75. The maximum atomic E-state index is 11.6. The molecule has 7 heteroatoms. The first-order valence-electron chi connectivity index (χ1n) is 7.10. The van der Waals surface area contributed by atoms with Crippen LogP contribution in [0, 0.1) is 5.92 Å². The number of aryl methyl sites for hydroxylation is 1. The van der Waals surface area contributed by atoms with Gasteiger partial charge in [0.2, 0.25) is 10.0 Å². The third kappa shape index (κ3) is 3.39. The molecule has 1 aliphatic heterocycles. The smallest absolute Gasteiger partial charge is 0.211 e. The second kappa shape index (κ2) is 6.24. The highest BCUT2D eigenvalue weighted by atomic mass is 32.2. The first kappa shape index (κ1) is 15.5. The molecule has 1 aromatic rings. The molecule has 0 aliphatic carbocycles. The van der Waals surface area contributed by atoms with Gasteiger partial charge >= 0.3 is 0 Å². The van der Waals surface area contributed by atoms with Gasteiger partial charge in [-0.25, -0.2) is 13.1 Å². The van der Waals surface area contributed by atoms with Gasteiger partial charge < -0.3 is 0 Å². The van der Waals surface area contributed by atoms with Gasteiger partial charge in [0.25, 0.3) is 0 Å². The zero-order chi connectivity index (χ0) is 14.8. The highest BCUT2D eigenvalue weighted by Crippen LogP contribution is 2.34. The van der Waals surface area contributed by atoms with Crippen molar-refractivity contribution in [3.63, 3.8) is 0 Å². The lowest BCUT2D eigenvalue weighted by Crippen LogP contribution is -2.42. The van der Waals surface area contributed by atoms with Gasteiger partial charge in [0.15, 0.2) is 0 Å². The summed E-state index contributed by atoms with van der Waals surface area (Å²) in [6.07, 6.45) is 3.93. The van der Waals surface area contributed by atoms with Crippen LogP contribution in [0.4, 0.5) is 0 Å². The summed E-state index contributed by atoms with van der Waals surface area (Å²) < 4.78 is 27.9. The van der Waals surface area contributed by atoms with Crippen molar-refractivity contribution in [2.75, 3.05) is 25.9 Å². The molecule has 0 unspecified atom stereocenters. The van der Waals surface area contributed by atoms with Crippen LogP contribution in [0.25, 0.3) is 0 Å². The lowest BCUT2D eigenvalue weighted by atomic mass is 9.87. The van der Waals surface area contributed by atoms with Crippen LogP contribution in [-0.2, 0) is 17.1 Å². The SMILES string of the molecule is CCS(=O)(=O)NC[C@@H]1CCCN(C)[C@H]1c1ccnn1C. The van der Waals surface area contributed by atoms with Gasteiger partial charge in [-0.15, -0.1) is 0 Å². The van der Waals surface area contributed by atoms with Gasteiger partial charge in [0.05, 0.1) is 17.5 Å². The lowest BCUT2D eigenvalue weighted by molar-refractivity contribution is 0.116. The third-order valence-corrected chi connectivity index (χ3v) is 5.48. The first-order chi connectivity index (χ1) is 9.44. The monoisotopic (exact) mass is 300 g/mol. The van der Waals surface area contributed by atoms with Crippen molar-refractivity contribution in [2.24, 2.45) is 13.0 Å². The molecule has 0 spiro atoms. The topological polar surface area (TPSA) is 67.2 Å². The second-order valence-corrected chi connectivity index (χ2v) is 7.55. The van der Waals surface area contributed by atoms with Crippen molar-refractivity contribution in [1.82, 2.24) is 19.4 Å². The Hall–Kier alpha value is -0.920. The van der Waals surface area contributed by atoms with Crippen molar-refractivity contribution in [2.45, 2.75) is 25.8 Å². The van der Waals surface area contributed by atoms with Crippen LogP contribution in [-0.4, -0.2) is 49.0 Å². The Morgan fingerprint density at radius 2 is 2.20 bits per heavy atom. The summed E-state index contributed by atoms with van der Waals surface area (Å²) in [5, 5.41) is 4.24. The molecule has 0 bridgehead atoms. The Bertz CT molecular complexity index is 540. The summed E-state index contributed by atoms with van der Waals surface area (Å²) in [5.41, 5.74) is 1.15. The van der Waals surface area contributed by atoms with Crippen molar-refractivity contribution < 1.29 is 8.42 Å². The molecule has 1 N–H and O–H groups in total. The van der Waals surface area contributed by atoms with E-state index in [1.807, 2.05) is 17.8 Å². The van der Waals surface area contributed by atoms with Crippen LogP contribution < -0.4 is 4.72 Å². The Morgan fingerprint density at radius 1 is 1.45 bits per heavy atom. The Balaban J connectivity index is 2.15. The Kier molecular flexibility index (Phi) is 4.82. The van der Waals surface area contributed by atoms with E-state index < -0.39 is 10.0 Å². The molecule has 2 atom stereocenters. The summed E-state index contributed by atoms with van der Waals surface area (Å²) in [6, 6.07) is 2.24. The van der Waals surface area contributed by atoms with Crippen LogP contribution in [0.5, 0.6) is 0 Å². The van der Waals surface area contributed by atoms with E-state index in [1.54, 1.807) is 13.1 Å². The van der Waals surface area contributed by atoms with Gasteiger partial charge in [-0.05, 0) is 45.3 Å². The number of likely N-dealkylation sites (tertiary alicyclic amines) is 1. The molecule has 0 saturated carbocycles. The lowest BCUT2D eigenvalue weighted by Gasteiger charge is -2.39. The standard InChI is InChI=1S/C13H24N4O2S/c1-4-20(18,19)15-10-11-6-5-9-16(2)13(11)12-7-8-14-17(12)3/h7-8,11,13,15H,4-6,9-10H2,1-3H3/t11-,13+/m0/s1. The van der Waals surface area contributed by atoms with Crippen LogP contribution >= 0.6 is 0 Å². The highest BCUT2D eigenvalue weighted by Gasteiger charge is 2.32. The molecule has 0 amide bonds. The normalized spacial score (nSPS) is 24.9. The molecule has 0 radical (unpaired) electrons. The van der Waals surface area contributed by atoms with Gasteiger partial charge in [0.1, 0.15) is 0 Å². The van der Waals surface area contributed by atoms with Crippen LogP contribution in [0.15, 0.2) is 12.3 Å². The largest absolute Gasteiger partial charge is 0.298 e. The number of nitrogens with zero attached hydrogens (tertiary/aromatic N) is 3. The van der Waals surface area contributed by atoms with Crippen LogP contribution in [0.2, 0.25) is 0 Å². The molecular weight excluding hydrogens is 276 g/mol. The molecular formula is C13H24N4O2S. The van der Waals surface area contributed by atoms with E-state index in [1.165, 1.54) is 0 Å². The van der Waals surface area contributed by atoms with E-state index >= 15 is 0 Å². The number of piperidine rings is 1. The second-order valence-electron chi connectivity index (χ2n) is 5.46. The van der Waals surface area contributed by atoms with E-state index in [4.69, 9.17) is 0 Å². The van der Waals surface area contributed by atoms with Gasteiger partial charge in [-0.2, -0.15) is 5.10 Å². The minimum absolute atomic E-state index is 0.131. The summed E-state index contributed by atoms with van der Waals surface area (Å²) in [6.45, 7) is 3.19. The predicted octanol–water partition coefficient (Wildman–Crippen LogP) is 0.742. The van der Waals surface area contributed by atoms with E-state index in [-0.39, 0.29) is 17.7 Å². The van der Waals surface area contributed by atoms with E-state index in [9.17, 15) is 8.42 Å². The molecule has 1 aromatic heterocycles. The molecule has 1 saturated heterocycles. The third-order valence-electron chi connectivity index (χ3n) is 4.11. The number of sulfonamides is 1. The molecule has 114 valence electrons. The van der Waals surface area contributed by atoms with Gasteiger partial charge in [-0.3, -0.25) is 9.58 Å². The molecule has 20 heavy (non-hydrogen) atoms. The summed E-state index contributed by atoms with van der Waals surface area (Å²) >= 11 is 0.